The Morgan fingerprint density at radius 3 is 1.87 bits per heavy atom. The molecule has 0 aromatic carbocycles. The minimum absolute atomic E-state index is 0.764. The number of aliphatic hydroxyl groups is 12. The van der Waals surface area contributed by atoms with E-state index in [9.17, 15) is 71.2 Å². The average Bonchev–Trinajstić information content (AvgIpc) is 3.12. The molecule has 52 heavy (non-hydrogen) atoms. The lowest BCUT2D eigenvalue weighted by Crippen LogP contribution is -2.70. The molecule has 4 rings (SSSR count). The van der Waals surface area contributed by atoms with Gasteiger partial charge >= 0.3 is 5.97 Å². The number of methoxy groups -OCH3 is 1. The molecule has 304 valence electrons. The van der Waals surface area contributed by atoms with E-state index in [0.29, 0.717) is 0 Å². The Morgan fingerprint density at radius 1 is 0.750 bits per heavy atom. The minimum atomic E-state index is -2.98. The van der Waals surface area contributed by atoms with E-state index in [1.54, 1.807) is 0 Å². The summed E-state index contributed by atoms with van der Waals surface area (Å²) in [6, 6.07) is -2.90. The van der Waals surface area contributed by atoms with E-state index in [1.807, 2.05) is 0 Å². The number of carbonyl (C=O) groups is 1. The molecule has 0 aliphatic carbocycles. The first-order chi connectivity index (χ1) is 24.5. The number of carboxylic acid groups (broad SMARTS) is 1. The summed E-state index contributed by atoms with van der Waals surface area (Å²) in [6.07, 6.45) is -32.7. The van der Waals surface area contributed by atoms with Gasteiger partial charge in [0.2, 0.25) is 0 Å². The van der Waals surface area contributed by atoms with E-state index < -0.39 is 167 Å². The van der Waals surface area contributed by atoms with Gasteiger partial charge < -0.3 is 116 Å². The Labute approximate surface area is 295 Å². The smallest absolute Gasteiger partial charge is 0.364 e. The molecule has 4 fully saturated rings. The lowest BCUT2D eigenvalue weighted by Gasteiger charge is -2.51. The van der Waals surface area contributed by atoms with E-state index in [2.05, 4.69) is 0 Å². The number of hydrogen-bond acceptors (Lipinski definition) is 23. The lowest BCUT2D eigenvalue weighted by molar-refractivity contribution is -0.386. The zero-order valence-electron chi connectivity index (χ0n) is 27.7. The molecule has 4 heterocycles. The zero-order valence-corrected chi connectivity index (χ0v) is 27.7. The van der Waals surface area contributed by atoms with Crippen molar-refractivity contribution < 1.29 is 109 Å². The van der Waals surface area contributed by atoms with Crippen molar-refractivity contribution in [3.63, 3.8) is 0 Å². The van der Waals surface area contributed by atoms with Gasteiger partial charge in [0.1, 0.15) is 85.5 Å². The maximum atomic E-state index is 12.6. The van der Waals surface area contributed by atoms with Crippen molar-refractivity contribution >= 4 is 5.97 Å². The third-order valence-corrected chi connectivity index (χ3v) is 9.59. The molecule has 4 aliphatic rings. The van der Waals surface area contributed by atoms with Crippen molar-refractivity contribution in [1.82, 2.24) is 0 Å². The van der Waals surface area contributed by atoms with Gasteiger partial charge in [-0.05, 0) is 0 Å². The zero-order chi connectivity index (χ0) is 38.8. The molecule has 0 aromatic rings. The van der Waals surface area contributed by atoms with Gasteiger partial charge in [0, 0.05) is 13.5 Å². The number of ether oxygens (including phenoxy) is 8. The molecule has 0 spiro atoms. The van der Waals surface area contributed by atoms with Gasteiger partial charge in [0.15, 0.2) is 18.9 Å². The number of hydrogen-bond donors (Lipinski definition) is 15. The Hall–Kier alpha value is -1.41. The summed E-state index contributed by atoms with van der Waals surface area (Å²) in [5.74, 6) is -4.91. The monoisotopic (exact) mass is 766 g/mol. The topological polar surface area (TPSA) is 406 Å². The highest BCUT2D eigenvalue weighted by Crippen LogP contribution is 2.38. The number of carboxylic acids is 1. The molecule has 4 saturated heterocycles. The highest BCUT2D eigenvalue weighted by molar-refractivity contribution is 5.76. The van der Waals surface area contributed by atoms with Crippen molar-refractivity contribution in [3.05, 3.63) is 0 Å². The number of aliphatic carboxylic acids is 1. The van der Waals surface area contributed by atoms with Crippen LogP contribution in [0.4, 0.5) is 0 Å². The maximum Gasteiger partial charge on any atom is 0.364 e. The van der Waals surface area contributed by atoms with Gasteiger partial charge in [-0.1, -0.05) is 0 Å². The van der Waals surface area contributed by atoms with Crippen LogP contribution in [-0.4, -0.2) is 234 Å². The molecule has 17 N–H and O–H groups in total. The fourth-order valence-corrected chi connectivity index (χ4v) is 6.58. The SMILES string of the molecule is COC1C(N)[C@H](OC2C(O)C(O)OC(CO)[C@@H]2O)OC(CO)[C@H]1OC1OC(CO)[C@H](O)C(O[C@]2(C(=O)O)CC(O)[C@@H](N)C(C(O)C(O)CO)O2)C1O. The standard InChI is InChI=1S/C28H50N2O22/c1-45-21-13(30)25(50-22-15(38)9(4-32)46-24(42)17(22)40)48-11(6-34)19(21)49-26-18(41)23(16(39)10(5-33)47-26)52-28(27(43)44)2-7(35)12(29)20(51-28)14(37)8(36)3-31/h7-26,31-42H,2-6,29-30H2,1H3,(H,43,44)/t7?,8?,9?,10?,11?,12-,13?,14?,15+,16+,17?,18?,19-,20?,21?,22?,23?,24?,25+,26?,28+/m1/s1. The summed E-state index contributed by atoms with van der Waals surface area (Å²) in [6.45, 7) is -3.59. The molecular formula is C28H50N2O22. The van der Waals surface area contributed by atoms with E-state index in [4.69, 9.17) is 49.4 Å². The fourth-order valence-electron chi connectivity index (χ4n) is 6.58. The number of rotatable bonds is 14. The first-order valence-corrected chi connectivity index (χ1v) is 16.3. The van der Waals surface area contributed by atoms with Crippen molar-refractivity contribution in [2.75, 3.05) is 33.5 Å². The Bertz CT molecular complexity index is 1150. The third-order valence-electron chi connectivity index (χ3n) is 9.59. The van der Waals surface area contributed by atoms with Gasteiger partial charge in [-0.15, -0.1) is 0 Å². The summed E-state index contributed by atoms with van der Waals surface area (Å²) in [5, 5.41) is 134. The second-order valence-electron chi connectivity index (χ2n) is 13.0. The molecule has 4 aliphatic heterocycles. The van der Waals surface area contributed by atoms with Crippen molar-refractivity contribution in [3.8, 4) is 0 Å². The molecule has 24 nitrogen and oxygen atoms in total. The van der Waals surface area contributed by atoms with Crippen LogP contribution >= 0.6 is 0 Å². The third kappa shape index (κ3) is 8.53. The van der Waals surface area contributed by atoms with Crippen LogP contribution in [0.5, 0.6) is 0 Å². The van der Waals surface area contributed by atoms with Gasteiger partial charge in [0.05, 0.1) is 44.6 Å². The molecule has 0 saturated carbocycles. The Kier molecular flexibility index (Phi) is 15.0. The quantitative estimate of drug-likeness (QED) is 0.0780. The first kappa shape index (κ1) is 43.3. The summed E-state index contributed by atoms with van der Waals surface area (Å²) in [5.41, 5.74) is 12.2. The van der Waals surface area contributed by atoms with Crippen LogP contribution in [0.3, 0.4) is 0 Å². The largest absolute Gasteiger partial charge is 0.477 e. The van der Waals surface area contributed by atoms with Crippen LogP contribution in [0.2, 0.25) is 0 Å². The highest BCUT2D eigenvalue weighted by Gasteiger charge is 2.60. The van der Waals surface area contributed by atoms with Crippen molar-refractivity contribution in [2.24, 2.45) is 11.5 Å². The molecule has 0 bridgehead atoms. The molecule has 24 heteroatoms. The second-order valence-corrected chi connectivity index (χ2v) is 13.0. The summed E-state index contributed by atoms with van der Waals surface area (Å²) < 4.78 is 44.4. The molecular weight excluding hydrogens is 716 g/mol. The van der Waals surface area contributed by atoms with E-state index in [-0.39, 0.29) is 0 Å². The Balaban J connectivity index is 1.58. The van der Waals surface area contributed by atoms with Gasteiger partial charge in [-0.2, -0.15) is 0 Å². The molecule has 21 atom stereocenters. The minimum Gasteiger partial charge on any atom is -0.477 e. The predicted molar refractivity (Wildman–Crippen MR) is 160 cm³/mol. The predicted octanol–water partition coefficient (Wildman–Crippen LogP) is -9.96. The fraction of sp³-hybridized carbons (Fsp3) is 0.964. The molecule has 0 radical (unpaired) electrons. The summed E-state index contributed by atoms with van der Waals surface area (Å²) >= 11 is 0. The first-order valence-electron chi connectivity index (χ1n) is 16.3. The average molecular weight is 767 g/mol. The van der Waals surface area contributed by atoms with Crippen LogP contribution in [0.15, 0.2) is 0 Å². The number of nitrogens with two attached hydrogens (primary N) is 2. The molecule has 15 unspecified atom stereocenters. The van der Waals surface area contributed by atoms with Crippen LogP contribution in [0, 0.1) is 0 Å². The van der Waals surface area contributed by atoms with Gasteiger partial charge in [0.25, 0.3) is 5.79 Å². The maximum absolute atomic E-state index is 12.6. The van der Waals surface area contributed by atoms with Crippen LogP contribution in [-0.2, 0) is 42.7 Å². The normalized spacial score (nSPS) is 48.6. The van der Waals surface area contributed by atoms with Gasteiger partial charge in [-0.25, -0.2) is 4.79 Å². The van der Waals surface area contributed by atoms with Crippen LogP contribution < -0.4 is 11.5 Å². The summed E-state index contributed by atoms with van der Waals surface area (Å²) in [4.78, 5) is 12.6. The molecule has 0 aromatic heterocycles. The number of aliphatic hydroxyl groups excluding tert-OH is 12. The summed E-state index contributed by atoms with van der Waals surface area (Å²) in [7, 11) is 1.16. The van der Waals surface area contributed by atoms with Crippen molar-refractivity contribution in [1.29, 1.82) is 0 Å². The van der Waals surface area contributed by atoms with Crippen molar-refractivity contribution in [2.45, 2.75) is 135 Å². The van der Waals surface area contributed by atoms with Crippen LogP contribution in [0.25, 0.3) is 0 Å². The highest BCUT2D eigenvalue weighted by atomic mass is 16.8. The van der Waals surface area contributed by atoms with Gasteiger partial charge in [-0.3, -0.25) is 0 Å². The van der Waals surface area contributed by atoms with Crippen LogP contribution in [0.1, 0.15) is 6.42 Å². The van der Waals surface area contributed by atoms with E-state index in [1.165, 1.54) is 0 Å². The second kappa shape index (κ2) is 18.0. The van der Waals surface area contributed by atoms with E-state index >= 15 is 0 Å². The molecule has 0 amide bonds. The Morgan fingerprint density at radius 2 is 1.31 bits per heavy atom. The van der Waals surface area contributed by atoms with E-state index in [0.717, 1.165) is 7.11 Å². The lowest BCUT2D eigenvalue weighted by atomic mass is 9.88.